The lowest BCUT2D eigenvalue weighted by atomic mass is 9.95. The third kappa shape index (κ3) is 3.16. The van der Waals surface area contributed by atoms with Gasteiger partial charge in [-0.25, -0.2) is 0 Å². The highest BCUT2D eigenvalue weighted by Gasteiger charge is 2.19. The molecule has 2 heteroatoms. The van der Waals surface area contributed by atoms with Gasteiger partial charge in [0.25, 0.3) is 0 Å². The summed E-state index contributed by atoms with van der Waals surface area (Å²) in [7, 11) is 0. The highest BCUT2D eigenvalue weighted by molar-refractivity contribution is 5.85. The van der Waals surface area contributed by atoms with E-state index in [4.69, 9.17) is 4.98 Å². The van der Waals surface area contributed by atoms with Crippen molar-refractivity contribution in [3.63, 3.8) is 0 Å². The van der Waals surface area contributed by atoms with E-state index in [-0.39, 0.29) is 6.04 Å². The Hall–Kier alpha value is -1.67. The maximum Gasteiger partial charge on any atom is 0.0717 e. The van der Waals surface area contributed by atoms with Crippen molar-refractivity contribution in [3.05, 3.63) is 53.9 Å². The molecule has 1 N–H and O–H groups in total. The Morgan fingerprint density at radius 3 is 2.95 bits per heavy atom. The summed E-state index contributed by atoms with van der Waals surface area (Å²) >= 11 is 0. The van der Waals surface area contributed by atoms with Crippen LogP contribution < -0.4 is 5.32 Å². The molecule has 1 aromatic carbocycles. The van der Waals surface area contributed by atoms with E-state index in [0.29, 0.717) is 0 Å². The van der Waals surface area contributed by atoms with Crippen LogP contribution in [0.5, 0.6) is 0 Å². The van der Waals surface area contributed by atoms with Gasteiger partial charge in [-0.2, -0.15) is 0 Å². The molecule has 1 aromatic heterocycles. The van der Waals surface area contributed by atoms with Gasteiger partial charge in [0.15, 0.2) is 0 Å². The normalized spacial score (nSPS) is 17.3. The van der Waals surface area contributed by atoms with E-state index in [2.05, 4.69) is 48.6 Å². The molecule has 2 nitrogen and oxygen atoms in total. The average molecular weight is 280 g/mol. The minimum atomic E-state index is 0.263. The van der Waals surface area contributed by atoms with Crippen molar-refractivity contribution < 1.29 is 0 Å². The SMILES string of the molecule is CCNC(C1=CCCCCC1)c1nccc2ccccc12. The minimum Gasteiger partial charge on any atom is -0.305 e. The predicted octanol–water partition coefficient (Wildman–Crippen LogP) is 4.78. The smallest absolute Gasteiger partial charge is 0.0717 e. The summed E-state index contributed by atoms with van der Waals surface area (Å²) in [5.74, 6) is 0. The Balaban J connectivity index is 2.04. The second-order valence-electron chi connectivity index (χ2n) is 5.79. The van der Waals surface area contributed by atoms with Crippen molar-refractivity contribution in [2.24, 2.45) is 0 Å². The maximum atomic E-state index is 4.73. The Labute approximate surface area is 127 Å². The molecule has 21 heavy (non-hydrogen) atoms. The first-order chi connectivity index (χ1) is 10.4. The van der Waals surface area contributed by atoms with Gasteiger partial charge in [0, 0.05) is 11.6 Å². The Morgan fingerprint density at radius 1 is 1.14 bits per heavy atom. The van der Waals surface area contributed by atoms with Crippen LogP contribution in [-0.4, -0.2) is 11.5 Å². The Bertz CT molecular complexity index is 625. The van der Waals surface area contributed by atoms with Gasteiger partial charge in [0.2, 0.25) is 0 Å². The van der Waals surface area contributed by atoms with E-state index in [1.165, 1.54) is 54.1 Å². The fourth-order valence-corrected chi connectivity index (χ4v) is 3.28. The lowest BCUT2D eigenvalue weighted by Gasteiger charge is -2.22. The molecular formula is C19H24N2. The number of rotatable bonds is 4. The highest BCUT2D eigenvalue weighted by atomic mass is 14.9. The molecule has 0 aliphatic heterocycles. The molecule has 0 spiro atoms. The summed E-state index contributed by atoms with van der Waals surface area (Å²) in [4.78, 5) is 4.73. The quantitative estimate of drug-likeness (QED) is 0.816. The molecule has 0 bridgehead atoms. The van der Waals surface area contributed by atoms with Gasteiger partial charge in [0.05, 0.1) is 11.7 Å². The lowest BCUT2D eigenvalue weighted by Crippen LogP contribution is -2.24. The van der Waals surface area contributed by atoms with E-state index >= 15 is 0 Å². The van der Waals surface area contributed by atoms with Crippen LogP contribution in [0.2, 0.25) is 0 Å². The minimum absolute atomic E-state index is 0.263. The van der Waals surface area contributed by atoms with Crippen LogP contribution in [0.1, 0.15) is 50.8 Å². The zero-order chi connectivity index (χ0) is 14.5. The van der Waals surface area contributed by atoms with Gasteiger partial charge in [-0.05, 0) is 43.7 Å². The number of allylic oxidation sites excluding steroid dienone is 1. The zero-order valence-corrected chi connectivity index (χ0v) is 12.8. The van der Waals surface area contributed by atoms with E-state index < -0.39 is 0 Å². The average Bonchev–Trinajstić information content (AvgIpc) is 2.81. The summed E-state index contributed by atoms with van der Waals surface area (Å²) in [6.07, 6.45) is 10.8. The molecule has 0 saturated heterocycles. The number of nitrogens with one attached hydrogen (secondary N) is 1. The van der Waals surface area contributed by atoms with Crippen LogP contribution in [0.25, 0.3) is 10.8 Å². The number of benzene rings is 1. The maximum absolute atomic E-state index is 4.73. The number of hydrogen-bond donors (Lipinski definition) is 1. The molecule has 2 aromatic rings. The van der Waals surface area contributed by atoms with Crippen LogP contribution >= 0.6 is 0 Å². The van der Waals surface area contributed by atoms with Crippen molar-refractivity contribution in [1.29, 1.82) is 0 Å². The second-order valence-corrected chi connectivity index (χ2v) is 5.79. The third-order valence-electron chi connectivity index (χ3n) is 4.33. The molecule has 1 unspecified atom stereocenters. The highest BCUT2D eigenvalue weighted by Crippen LogP contribution is 2.31. The number of nitrogens with zero attached hydrogens (tertiary/aromatic N) is 1. The summed E-state index contributed by atoms with van der Waals surface area (Å²) in [5.41, 5.74) is 2.71. The van der Waals surface area contributed by atoms with Crippen LogP contribution in [-0.2, 0) is 0 Å². The summed E-state index contributed by atoms with van der Waals surface area (Å²) in [6, 6.07) is 10.9. The second kappa shape index (κ2) is 6.86. The molecule has 1 aliphatic carbocycles. The van der Waals surface area contributed by atoms with Crippen molar-refractivity contribution in [2.45, 2.75) is 45.1 Å². The van der Waals surface area contributed by atoms with Crippen molar-refractivity contribution >= 4 is 10.8 Å². The van der Waals surface area contributed by atoms with Crippen molar-refractivity contribution in [3.8, 4) is 0 Å². The summed E-state index contributed by atoms with van der Waals surface area (Å²) in [6.45, 7) is 3.14. The predicted molar refractivity (Wildman–Crippen MR) is 89.3 cm³/mol. The number of pyridine rings is 1. The van der Waals surface area contributed by atoms with Crippen LogP contribution in [0.15, 0.2) is 48.2 Å². The topological polar surface area (TPSA) is 24.9 Å². The molecule has 0 radical (unpaired) electrons. The standard InChI is InChI=1S/C19H24N2/c1-2-20-18(16-10-5-3-4-6-11-16)19-17-12-8-7-9-15(17)13-14-21-19/h7-10,12-14,18,20H,2-6,11H2,1H3. The largest absolute Gasteiger partial charge is 0.305 e. The zero-order valence-electron chi connectivity index (χ0n) is 12.8. The number of fused-ring (bicyclic) bond motifs is 1. The van der Waals surface area contributed by atoms with E-state index in [9.17, 15) is 0 Å². The molecule has 1 aliphatic rings. The first-order valence-electron chi connectivity index (χ1n) is 8.16. The molecular weight excluding hydrogens is 256 g/mol. The Kier molecular flexibility index (Phi) is 4.66. The fraction of sp³-hybridized carbons (Fsp3) is 0.421. The van der Waals surface area contributed by atoms with Gasteiger partial charge in [-0.15, -0.1) is 0 Å². The van der Waals surface area contributed by atoms with Crippen molar-refractivity contribution in [2.75, 3.05) is 6.54 Å². The van der Waals surface area contributed by atoms with Crippen molar-refractivity contribution in [1.82, 2.24) is 10.3 Å². The van der Waals surface area contributed by atoms with Crippen LogP contribution in [0, 0.1) is 0 Å². The number of likely N-dealkylation sites (N-methyl/N-ethyl adjacent to an activating group) is 1. The van der Waals surface area contributed by atoms with Crippen LogP contribution in [0.4, 0.5) is 0 Å². The van der Waals surface area contributed by atoms with E-state index in [1.54, 1.807) is 0 Å². The first kappa shape index (κ1) is 14.3. The molecule has 3 rings (SSSR count). The number of aromatic nitrogens is 1. The molecule has 1 atom stereocenters. The fourth-order valence-electron chi connectivity index (χ4n) is 3.28. The molecule has 1 heterocycles. The first-order valence-corrected chi connectivity index (χ1v) is 8.16. The number of hydrogen-bond acceptors (Lipinski definition) is 2. The van der Waals surface area contributed by atoms with E-state index in [0.717, 1.165) is 6.54 Å². The van der Waals surface area contributed by atoms with Gasteiger partial charge in [-0.3, -0.25) is 4.98 Å². The van der Waals surface area contributed by atoms with Gasteiger partial charge in [-0.1, -0.05) is 49.3 Å². The third-order valence-corrected chi connectivity index (χ3v) is 4.33. The van der Waals surface area contributed by atoms with Gasteiger partial charge < -0.3 is 5.32 Å². The monoisotopic (exact) mass is 280 g/mol. The van der Waals surface area contributed by atoms with E-state index in [1.807, 2.05) is 6.20 Å². The van der Waals surface area contributed by atoms with Gasteiger partial charge in [0.1, 0.15) is 0 Å². The van der Waals surface area contributed by atoms with Gasteiger partial charge >= 0.3 is 0 Å². The molecule has 110 valence electrons. The summed E-state index contributed by atoms with van der Waals surface area (Å²) < 4.78 is 0. The summed E-state index contributed by atoms with van der Waals surface area (Å²) in [5, 5.41) is 6.21. The molecule has 0 saturated carbocycles. The molecule has 0 amide bonds. The lowest BCUT2D eigenvalue weighted by molar-refractivity contribution is 0.581. The molecule has 0 fully saturated rings. The van der Waals surface area contributed by atoms with Crippen LogP contribution in [0.3, 0.4) is 0 Å². The Morgan fingerprint density at radius 2 is 2.05 bits per heavy atom.